The van der Waals surface area contributed by atoms with Crippen molar-refractivity contribution < 1.29 is 8.85 Å². The van der Waals surface area contributed by atoms with Crippen LogP contribution in [-0.2, 0) is 8.85 Å². The highest BCUT2D eigenvalue weighted by Crippen LogP contribution is 2.36. The molecule has 9 heavy (non-hydrogen) atoms. The first kappa shape index (κ1) is 7.67. The van der Waals surface area contributed by atoms with Gasteiger partial charge in [0.15, 0.2) is 0 Å². The van der Waals surface area contributed by atoms with Crippen LogP contribution in [0.3, 0.4) is 0 Å². The Morgan fingerprint density at radius 2 is 1.67 bits per heavy atom. The maximum atomic E-state index is 5.52. The molecule has 0 aromatic rings. The summed E-state index contributed by atoms with van der Waals surface area (Å²) in [6, 6.07) is 0. The third kappa shape index (κ3) is 2.34. The molecule has 0 aromatic carbocycles. The van der Waals surface area contributed by atoms with Crippen molar-refractivity contribution >= 4 is 16.5 Å². The van der Waals surface area contributed by atoms with Crippen LogP contribution < -0.4 is 0 Å². The average molecular weight is 164 g/mol. The fourth-order valence-corrected chi connectivity index (χ4v) is 5.02. The molecule has 1 aliphatic rings. The van der Waals surface area contributed by atoms with E-state index in [4.69, 9.17) is 8.85 Å². The van der Waals surface area contributed by atoms with E-state index in [2.05, 4.69) is 19.8 Å². The summed E-state index contributed by atoms with van der Waals surface area (Å²) in [4.78, 5) is 0. The summed E-state index contributed by atoms with van der Waals surface area (Å²) in [5.74, 6) is 0. The van der Waals surface area contributed by atoms with Crippen molar-refractivity contribution in [2.75, 3.05) is 19.4 Å². The molecule has 0 radical (unpaired) electrons. The van der Waals surface area contributed by atoms with Gasteiger partial charge in [-0.25, -0.2) is 0 Å². The molecular weight excluding hydrogens is 151 g/mol. The van der Waals surface area contributed by atoms with Gasteiger partial charge in [0.25, 0.3) is 0 Å². The van der Waals surface area contributed by atoms with Crippen LogP contribution in [0.2, 0.25) is 13.1 Å². The first-order chi connectivity index (χ1) is 4.10. The Balaban J connectivity index is 2.35. The number of hydrogen-bond acceptors (Lipinski definition) is 2. The SMILES string of the molecule is CP1CO[Si](C)(C)OC1. The van der Waals surface area contributed by atoms with E-state index in [0.717, 1.165) is 12.7 Å². The van der Waals surface area contributed by atoms with E-state index >= 15 is 0 Å². The number of rotatable bonds is 0. The first-order valence-corrected chi connectivity index (χ1v) is 8.04. The summed E-state index contributed by atoms with van der Waals surface area (Å²) < 4.78 is 11.0. The monoisotopic (exact) mass is 164 g/mol. The zero-order valence-corrected chi connectivity index (χ0v) is 8.07. The summed E-state index contributed by atoms with van der Waals surface area (Å²) in [6.07, 6.45) is 1.91. The van der Waals surface area contributed by atoms with E-state index in [9.17, 15) is 0 Å². The second kappa shape index (κ2) is 2.66. The Kier molecular flexibility index (Phi) is 2.27. The van der Waals surface area contributed by atoms with E-state index in [1.54, 1.807) is 0 Å². The molecule has 0 spiro atoms. The van der Waals surface area contributed by atoms with E-state index in [0.29, 0.717) is 0 Å². The van der Waals surface area contributed by atoms with Crippen LogP contribution in [0.4, 0.5) is 0 Å². The van der Waals surface area contributed by atoms with Gasteiger partial charge in [0, 0.05) is 0 Å². The Hall–Kier alpha value is 0.567. The molecule has 2 nitrogen and oxygen atoms in total. The van der Waals surface area contributed by atoms with Crippen LogP contribution in [0.25, 0.3) is 0 Å². The molecule has 0 N–H and O–H groups in total. The van der Waals surface area contributed by atoms with Gasteiger partial charge in [-0.2, -0.15) is 0 Å². The van der Waals surface area contributed by atoms with Crippen LogP contribution in [-0.4, -0.2) is 27.9 Å². The molecule has 4 heteroatoms. The minimum Gasteiger partial charge on any atom is -0.390 e. The zero-order valence-electron chi connectivity index (χ0n) is 6.18. The molecule has 1 rings (SSSR count). The maximum absolute atomic E-state index is 5.52. The molecule has 1 saturated heterocycles. The van der Waals surface area contributed by atoms with Crippen LogP contribution in [0.1, 0.15) is 0 Å². The van der Waals surface area contributed by atoms with E-state index < -0.39 is 8.56 Å². The third-order valence-corrected chi connectivity index (χ3v) is 4.57. The predicted octanol–water partition coefficient (Wildman–Crippen LogP) is 1.76. The second-order valence-electron chi connectivity index (χ2n) is 2.80. The normalized spacial score (nSPS) is 28.3. The van der Waals surface area contributed by atoms with Gasteiger partial charge < -0.3 is 8.85 Å². The Labute approximate surface area is 58.5 Å². The van der Waals surface area contributed by atoms with Gasteiger partial charge in [-0.3, -0.25) is 0 Å². The minimum absolute atomic E-state index is 0.0402. The van der Waals surface area contributed by atoms with Crippen molar-refractivity contribution in [2.24, 2.45) is 0 Å². The van der Waals surface area contributed by atoms with Gasteiger partial charge in [0.05, 0.1) is 12.7 Å². The zero-order chi connectivity index (χ0) is 6.91. The largest absolute Gasteiger partial charge is 0.390 e. The molecule has 0 bridgehead atoms. The summed E-state index contributed by atoms with van der Waals surface area (Å²) in [7, 11) is -1.58. The molecule has 0 unspecified atom stereocenters. The van der Waals surface area contributed by atoms with E-state index in [1.165, 1.54) is 0 Å². The molecule has 0 amide bonds. The molecule has 0 aromatic heterocycles. The van der Waals surface area contributed by atoms with Gasteiger partial charge in [-0.05, 0) is 19.8 Å². The smallest absolute Gasteiger partial charge is 0.332 e. The minimum atomic E-state index is -1.62. The second-order valence-corrected chi connectivity index (χ2v) is 8.41. The maximum Gasteiger partial charge on any atom is 0.332 e. The summed E-state index contributed by atoms with van der Waals surface area (Å²) in [5, 5.41) is 0. The Bertz CT molecular complexity index is 97.1. The van der Waals surface area contributed by atoms with Crippen molar-refractivity contribution in [2.45, 2.75) is 13.1 Å². The Morgan fingerprint density at radius 3 is 2.00 bits per heavy atom. The third-order valence-electron chi connectivity index (χ3n) is 1.27. The average Bonchev–Trinajstić information content (AvgIpc) is 1.78. The predicted molar refractivity (Wildman–Crippen MR) is 42.2 cm³/mol. The van der Waals surface area contributed by atoms with E-state index in [-0.39, 0.29) is 7.92 Å². The van der Waals surface area contributed by atoms with Gasteiger partial charge in [-0.15, -0.1) is 0 Å². The molecule has 1 aliphatic heterocycles. The summed E-state index contributed by atoms with van der Waals surface area (Å²) >= 11 is 0. The summed E-state index contributed by atoms with van der Waals surface area (Å²) in [5.41, 5.74) is 0. The lowest BCUT2D eigenvalue weighted by Crippen LogP contribution is -2.38. The first-order valence-electron chi connectivity index (χ1n) is 3.07. The van der Waals surface area contributed by atoms with Crippen LogP contribution >= 0.6 is 7.92 Å². The van der Waals surface area contributed by atoms with Crippen LogP contribution in [0.15, 0.2) is 0 Å². The van der Waals surface area contributed by atoms with Gasteiger partial charge >= 0.3 is 8.56 Å². The molecule has 54 valence electrons. The van der Waals surface area contributed by atoms with E-state index in [1.807, 2.05) is 0 Å². The van der Waals surface area contributed by atoms with Crippen molar-refractivity contribution in [3.05, 3.63) is 0 Å². The van der Waals surface area contributed by atoms with Crippen molar-refractivity contribution in [1.82, 2.24) is 0 Å². The lowest BCUT2D eigenvalue weighted by Gasteiger charge is -2.31. The molecule has 0 saturated carbocycles. The van der Waals surface area contributed by atoms with Crippen molar-refractivity contribution in [3.63, 3.8) is 0 Å². The fraction of sp³-hybridized carbons (Fsp3) is 1.00. The van der Waals surface area contributed by atoms with Gasteiger partial charge in [0.1, 0.15) is 0 Å². The molecule has 1 fully saturated rings. The molecule has 0 aliphatic carbocycles. The topological polar surface area (TPSA) is 18.5 Å². The highest BCUT2D eigenvalue weighted by atomic mass is 31.1. The number of hydrogen-bond donors (Lipinski definition) is 0. The van der Waals surface area contributed by atoms with Gasteiger partial charge in [-0.1, -0.05) is 7.92 Å². The quantitative estimate of drug-likeness (QED) is 0.401. The standard InChI is InChI=1S/C5H13O2PSi/c1-8-4-6-9(2,3)7-5-8/h4-5H2,1-3H3. The van der Waals surface area contributed by atoms with Crippen molar-refractivity contribution in [3.8, 4) is 0 Å². The molecular formula is C5H13O2PSi. The lowest BCUT2D eigenvalue weighted by molar-refractivity contribution is 0.214. The Morgan fingerprint density at radius 1 is 1.22 bits per heavy atom. The lowest BCUT2D eigenvalue weighted by atomic mass is 11.7. The molecule has 0 atom stereocenters. The fourth-order valence-electron chi connectivity index (χ4n) is 0.610. The molecule has 1 heterocycles. The summed E-state index contributed by atoms with van der Waals surface area (Å²) in [6.45, 7) is 6.39. The van der Waals surface area contributed by atoms with Gasteiger partial charge in [0.2, 0.25) is 0 Å². The van der Waals surface area contributed by atoms with Crippen LogP contribution in [0, 0.1) is 0 Å². The highest BCUT2D eigenvalue weighted by molar-refractivity contribution is 7.56. The van der Waals surface area contributed by atoms with Crippen molar-refractivity contribution in [1.29, 1.82) is 0 Å². The van der Waals surface area contributed by atoms with Crippen LogP contribution in [0.5, 0.6) is 0 Å². The highest BCUT2D eigenvalue weighted by Gasteiger charge is 2.29.